The molecule has 0 aromatic heterocycles. The molecule has 0 spiro atoms. The third kappa shape index (κ3) is 4.18. The van der Waals surface area contributed by atoms with Crippen LogP contribution in [0.4, 0.5) is 4.39 Å². The fourth-order valence-electron chi connectivity index (χ4n) is 1.57. The van der Waals surface area contributed by atoms with Gasteiger partial charge in [-0.2, -0.15) is 0 Å². The Hall–Kier alpha value is -1.29. The maximum atomic E-state index is 13.4. The van der Waals surface area contributed by atoms with Gasteiger partial charge in [-0.1, -0.05) is 0 Å². The average Bonchev–Trinajstić information content (AvgIpc) is 2.36. The first-order chi connectivity index (χ1) is 8.58. The lowest BCUT2D eigenvalue weighted by atomic mass is 10.1. The summed E-state index contributed by atoms with van der Waals surface area (Å²) in [7, 11) is 1.38. The molecule has 0 aliphatic carbocycles. The number of rotatable bonds is 6. The summed E-state index contributed by atoms with van der Waals surface area (Å²) in [4.78, 5) is 11.8. The van der Waals surface area contributed by atoms with E-state index in [2.05, 4.69) is 5.32 Å². The summed E-state index contributed by atoms with van der Waals surface area (Å²) in [5.41, 5.74) is 0.283. The second-order valence-electron chi connectivity index (χ2n) is 4.06. The van der Waals surface area contributed by atoms with Crippen molar-refractivity contribution in [3.05, 3.63) is 29.6 Å². The van der Waals surface area contributed by atoms with Gasteiger partial charge in [0, 0.05) is 17.5 Å². The standard InChI is InChI=1S/C13H17ClFNO2/c1-9(4-3-7-14)16-13(17)10-5-6-12(18-2)11(15)8-10/h5-6,8-9H,3-4,7H2,1-2H3,(H,16,17). The van der Waals surface area contributed by atoms with E-state index in [9.17, 15) is 9.18 Å². The van der Waals surface area contributed by atoms with Crippen LogP contribution in [-0.2, 0) is 0 Å². The molecule has 1 rings (SSSR count). The molecule has 0 bridgehead atoms. The molecule has 0 heterocycles. The number of nitrogens with one attached hydrogen (secondary N) is 1. The van der Waals surface area contributed by atoms with Gasteiger partial charge in [0.05, 0.1) is 7.11 Å². The van der Waals surface area contributed by atoms with E-state index in [-0.39, 0.29) is 23.3 Å². The molecule has 0 saturated heterocycles. The van der Waals surface area contributed by atoms with Gasteiger partial charge >= 0.3 is 0 Å². The topological polar surface area (TPSA) is 38.3 Å². The van der Waals surface area contributed by atoms with Crippen molar-refractivity contribution in [1.29, 1.82) is 0 Å². The number of alkyl halides is 1. The summed E-state index contributed by atoms with van der Waals surface area (Å²) in [6, 6.07) is 4.16. The van der Waals surface area contributed by atoms with Crippen LogP contribution in [0.2, 0.25) is 0 Å². The van der Waals surface area contributed by atoms with E-state index >= 15 is 0 Å². The normalized spacial score (nSPS) is 12.0. The molecule has 5 heteroatoms. The van der Waals surface area contributed by atoms with Crippen LogP contribution in [0.3, 0.4) is 0 Å². The summed E-state index contributed by atoms with van der Waals surface area (Å²) in [6.07, 6.45) is 1.63. The summed E-state index contributed by atoms with van der Waals surface area (Å²) < 4.78 is 18.2. The van der Waals surface area contributed by atoms with E-state index in [1.807, 2.05) is 6.92 Å². The predicted octanol–water partition coefficient (Wildman–Crippen LogP) is 2.97. The largest absolute Gasteiger partial charge is 0.494 e. The summed E-state index contributed by atoms with van der Waals surface area (Å²) in [5.74, 6) is -0.142. The van der Waals surface area contributed by atoms with Crippen molar-refractivity contribution < 1.29 is 13.9 Å². The zero-order valence-corrected chi connectivity index (χ0v) is 11.3. The number of methoxy groups -OCH3 is 1. The minimum atomic E-state index is -0.543. The van der Waals surface area contributed by atoms with Crippen LogP contribution in [0.25, 0.3) is 0 Å². The van der Waals surface area contributed by atoms with Crippen molar-refractivity contribution in [1.82, 2.24) is 5.32 Å². The van der Waals surface area contributed by atoms with Crippen molar-refractivity contribution in [2.24, 2.45) is 0 Å². The molecule has 1 atom stereocenters. The van der Waals surface area contributed by atoms with Crippen molar-refractivity contribution in [3.63, 3.8) is 0 Å². The lowest BCUT2D eigenvalue weighted by molar-refractivity contribution is 0.0938. The van der Waals surface area contributed by atoms with Gasteiger partial charge in [-0.25, -0.2) is 4.39 Å². The lowest BCUT2D eigenvalue weighted by Gasteiger charge is -2.13. The van der Waals surface area contributed by atoms with Crippen LogP contribution >= 0.6 is 11.6 Å². The number of hydrogen-bond donors (Lipinski definition) is 1. The molecule has 3 nitrogen and oxygen atoms in total. The molecule has 1 amide bonds. The highest BCUT2D eigenvalue weighted by Gasteiger charge is 2.12. The molecular formula is C13H17ClFNO2. The number of carbonyl (C=O) groups excluding carboxylic acids is 1. The number of hydrogen-bond acceptors (Lipinski definition) is 2. The number of carbonyl (C=O) groups is 1. The summed E-state index contributed by atoms with van der Waals surface area (Å²) in [5, 5.41) is 2.79. The fraction of sp³-hybridized carbons (Fsp3) is 0.462. The Bertz CT molecular complexity index is 412. The first kappa shape index (κ1) is 14.8. The van der Waals surface area contributed by atoms with Gasteiger partial charge in [-0.3, -0.25) is 4.79 Å². The molecule has 1 N–H and O–H groups in total. The molecule has 0 radical (unpaired) electrons. The first-order valence-corrected chi connectivity index (χ1v) is 6.32. The van der Waals surface area contributed by atoms with Gasteiger partial charge in [0.1, 0.15) is 0 Å². The zero-order valence-electron chi connectivity index (χ0n) is 10.5. The Morgan fingerprint density at radius 1 is 1.56 bits per heavy atom. The fourth-order valence-corrected chi connectivity index (χ4v) is 1.72. The third-order valence-corrected chi connectivity index (χ3v) is 2.83. The van der Waals surface area contributed by atoms with E-state index in [0.717, 1.165) is 12.8 Å². The number of ether oxygens (including phenoxy) is 1. The maximum absolute atomic E-state index is 13.4. The molecule has 1 aromatic rings. The Morgan fingerprint density at radius 2 is 2.28 bits per heavy atom. The van der Waals surface area contributed by atoms with Crippen LogP contribution in [0.15, 0.2) is 18.2 Å². The average molecular weight is 274 g/mol. The highest BCUT2D eigenvalue weighted by atomic mass is 35.5. The Kier molecular flexibility index (Phi) is 5.92. The molecule has 100 valence electrons. The monoisotopic (exact) mass is 273 g/mol. The van der Waals surface area contributed by atoms with E-state index < -0.39 is 5.82 Å². The second kappa shape index (κ2) is 7.21. The molecule has 18 heavy (non-hydrogen) atoms. The van der Waals surface area contributed by atoms with E-state index in [0.29, 0.717) is 5.88 Å². The lowest BCUT2D eigenvalue weighted by Crippen LogP contribution is -2.32. The number of halogens is 2. The molecule has 0 fully saturated rings. The quantitative estimate of drug-likeness (QED) is 0.809. The van der Waals surface area contributed by atoms with Gasteiger partial charge < -0.3 is 10.1 Å². The van der Waals surface area contributed by atoms with Gasteiger partial charge in [0.2, 0.25) is 0 Å². The number of benzene rings is 1. The Labute approximate surface area is 111 Å². The van der Waals surface area contributed by atoms with Gasteiger partial charge in [-0.05, 0) is 38.0 Å². The molecule has 0 aliphatic rings. The molecular weight excluding hydrogens is 257 g/mol. The first-order valence-electron chi connectivity index (χ1n) is 5.79. The van der Waals surface area contributed by atoms with Crippen molar-refractivity contribution in [2.45, 2.75) is 25.8 Å². The van der Waals surface area contributed by atoms with Crippen molar-refractivity contribution >= 4 is 17.5 Å². The maximum Gasteiger partial charge on any atom is 0.251 e. The number of amides is 1. The summed E-state index contributed by atoms with van der Waals surface area (Å²) >= 11 is 5.58. The van der Waals surface area contributed by atoms with Crippen LogP contribution in [0.1, 0.15) is 30.1 Å². The summed E-state index contributed by atoms with van der Waals surface area (Å²) in [6.45, 7) is 1.89. The SMILES string of the molecule is COc1ccc(C(=O)NC(C)CCCCl)cc1F. The second-order valence-corrected chi connectivity index (χ2v) is 4.43. The molecule has 1 aromatic carbocycles. The smallest absolute Gasteiger partial charge is 0.251 e. The van der Waals surface area contributed by atoms with Crippen LogP contribution < -0.4 is 10.1 Å². The molecule has 0 saturated carbocycles. The van der Waals surface area contributed by atoms with Crippen molar-refractivity contribution in [2.75, 3.05) is 13.0 Å². The van der Waals surface area contributed by atoms with E-state index in [1.54, 1.807) is 0 Å². The van der Waals surface area contributed by atoms with E-state index in [1.165, 1.54) is 25.3 Å². The Balaban J connectivity index is 2.64. The highest BCUT2D eigenvalue weighted by molar-refractivity contribution is 6.17. The minimum Gasteiger partial charge on any atom is -0.494 e. The van der Waals surface area contributed by atoms with Crippen molar-refractivity contribution in [3.8, 4) is 5.75 Å². The van der Waals surface area contributed by atoms with Crippen LogP contribution in [0, 0.1) is 5.82 Å². The highest BCUT2D eigenvalue weighted by Crippen LogP contribution is 2.17. The van der Waals surface area contributed by atoms with Gasteiger partial charge in [0.25, 0.3) is 5.91 Å². The Morgan fingerprint density at radius 3 is 2.83 bits per heavy atom. The molecule has 0 aliphatic heterocycles. The third-order valence-electron chi connectivity index (χ3n) is 2.56. The van der Waals surface area contributed by atoms with Gasteiger partial charge in [0.15, 0.2) is 11.6 Å². The predicted molar refractivity (Wildman–Crippen MR) is 69.8 cm³/mol. The molecule has 1 unspecified atom stereocenters. The van der Waals surface area contributed by atoms with Gasteiger partial charge in [-0.15, -0.1) is 11.6 Å². The van der Waals surface area contributed by atoms with Crippen LogP contribution in [-0.4, -0.2) is 24.9 Å². The minimum absolute atomic E-state index is 0.0152. The van der Waals surface area contributed by atoms with Crippen LogP contribution in [0.5, 0.6) is 5.75 Å². The zero-order chi connectivity index (χ0) is 13.5. The van der Waals surface area contributed by atoms with E-state index in [4.69, 9.17) is 16.3 Å².